The van der Waals surface area contributed by atoms with Crippen molar-refractivity contribution < 1.29 is 76.7 Å². The Hall–Kier alpha value is -2.53. The first-order valence-electron chi connectivity index (χ1n) is 19.0. The largest absolute Gasteiger partial charge is 0.481 e. The first kappa shape index (κ1) is 44.0. The van der Waals surface area contributed by atoms with E-state index in [4.69, 9.17) is 22.6 Å². The van der Waals surface area contributed by atoms with E-state index in [1.165, 1.54) is 24.3 Å². The fourth-order valence-electron chi connectivity index (χ4n) is 10.9. The number of rotatable bonds is 13. The number of aliphatic hydroxyl groups is 1. The third-order valence-electron chi connectivity index (χ3n) is 13.1. The average Bonchev–Trinajstić information content (AvgIpc) is 3.25. The molecule has 2 bridgehead atoms. The van der Waals surface area contributed by atoms with Crippen LogP contribution in [0.5, 0.6) is 0 Å². The van der Waals surface area contributed by atoms with Crippen LogP contribution in [0.25, 0.3) is 0 Å². The number of carbonyl (C=O) groups is 2. The van der Waals surface area contributed by atoms with E-state index in [0.717, 1.165) is 12.0 Å². The van der Waals surface area contributed by atoms with Crippen LogP contribution in [0.1, 0.15) is 77.7 Å². The standard InChI is InChI=1S/C37H52O17S3/c1-19(2)14-29(38)52-32-31(54-57(47,48)49)30(53-56(44,45)46)27(18-55(42,43)24-9-6-20(3)7-10-24)51-35(32)50-23-15-25(34(40)41)26-12-13-37-16-22(21(4)33(37)39)8-11-28(37)36(26,5)17-23/h6-7,9-10,19,22-23,25-28,30-33,35,39H,4,8,11-18H2,1-3,5H3,(H,40,41)(H,44,45,46)(H,47,48,49)/t22?,23?,25?,26?,27-,28?,30-,31-,32?,33+,35+,36?,37?/m1/s1. The van der Waals surface area contributed by atoms with Crippen LogP contribution in [0, 0.1) is 47.3 Å². The van der Waals surface area contributed by atoms with Crippen molar-refractivity contribution in [2.24, 2.45) is 40.4 Å². The summed E-state index contributed by atoms with van der Waals surface area (Å²) in [7, 11) is -15.6. The third-order valence-corrected chi connectivity index (χ3v) is 15.8. The number of fused-ring (bicyclic) bond motifs is 3. The van der Waals surface area contributed by atoms with Gasteiger partial charge in [-0.25, -0.2) is 16.8 Å². The molecular formula is C37H52O17S3. The number of aryl methyl sites for hydroxylation is 1. The van der Waals surface area contributed by atoms with Gasteiger partial charge in [0.2, 0.25) is 0 Å². The minimum atomic E-state index is -5.58. The molecule has 1 aromatic rings. The van der Waals surface area contributed by atoms with Gasteiger partial charge in [0.1, 0.15) is 12.2 Å². The third kappa shape index (κ3) is 9.00. The van der Waals surface area contributed by atoms with Crippen LogP contribution in [-0.4, -0.2) is 105 Å². The summed E-state index contributed by atoms with van der Waals surface area (Å²) in [5, 5.41) is 22.2. The molecule has 4 N–H and O–H groups in total. The van der Waals surface area contributed by atoms with Crippen molar-refractivity contribution in [3.05, 3.63) is 42.0 Å². The zero-order chi connectivity index (χ0) is 42.0. The molecule has 5 fully saturated rings. The molecule has 1 saturated heterocycles. The summed E-state index contributed by atoms with van der Waals surface area (Å²) in [6.45, 7) is 11.2. The lowest BCUT2D eigenvalue weighted by Crippen LogP contribution is -2.64. The maximum absolute atomic E-state index is 13.8. The van der Waals surface area contributed by atoms with Crippen molar-refractivity contribution in [2.75, 3.05) is 5.75 Å². The Morgan fingerprint density at radius 1 is 0.947 bits per heavy atom. The van der Waals surface area contributed by atoms with E-state index >= 15 is 0 Å². The number of carboxylic acids is 1. The Bertz CT molecular complexity index is 2050. The number of aliphatic hydroxyl groups excluding tert-OH is 1. The molecule has 1 heterocycles. The number of hydrogen-bond donors (Lipinski definition) is 4. The van der Waals surface area contributed by atoms with E-state index in [1.54, 1.807) is 20.8 Å². The molecule has 0 amide bonds. The monoisotopic (exact) mass is 864 g/mol. The van der Waals surface area contributed by atoms with Crippen LogP contribution in [-0.2, 0) is 62.8 Å². The number of esters is 1. The van der Waals surface area contributed by atoms with E-state index < -0.39 is 108 Å². The summed E-state index contributed by atoms with van der Waals surface area (Å²) < 4.78 is 124. The average molecular weight is 865 g/mol. The molecule has 1 aromatic carbocycles. The summed E-state index contributed by atoms with van der Waals surface area (Å²) in [4.78, 5) is 26.0. The Morgan fingerprint density at radius 3 is 2.18 bits per heavy atom. The molecule has 13 atom stereocenters. The topological polar surface area (TPSA) is 264 Å². The van der Waals surface area contributed by atoms with Crippen LogP contribution < -0.4 is 0 Å². The number of aliphatic carboxylic acids is 1. The van der Waals surface area contributed by atoms with E-state index in [1.807, 2.05) is 6.92 Å². The van der Waals surface area contributed by atoms with Crippen LogP contribution in [0.3, 0.4) is 0 Å². The molecule has 17 nitrogen and oxygen atoms in total. The summed E-state index contributed by atoms with van der Waals surface area (Å²) in [6, 6.07) is 5.54. The van der Waals surface area contributed by atoms with Gasteiger partial charge < -0.3 is 24.4 Å². The SMILES string of the molecule is C=C1C2CCC3C4(C)CC(O[C@H]5O[C@H](CS(=O)(=O)c6ccc(C)cc6)[C@@H](OS(=O)(=O)O)[C@@H](OS(=O)(=O)O)C5OC(=O)CC(C)C)CC(C(=O)O)C4CCC3(C2)[C@H]1O. The Labute approximate surface area is 333 Å². The Balaban J connectivity index is 1.42. The first-order chi connectivity index (χ1) is 26.3. The zero-order valence-electron chi connectivity index (χ0n) is 32.1. The molecular weight excluding hydrogens is 813 g/mol. The van der Waals surface area contributed by atoms with Gasteiger partial charge in [-0.2, -0.15) is 16.8 Å². The maximum Gasteiger partial charge on any atom is 0.397 e. The summed E-state index contributed by atoms with van der Waals surface area (Å²) in [5.41, 5.74) is 0.215. The van der Waals surface area contributed by atoms with Crippen LogP contribution in [0.4, 0.5) is 0 Å². The quantitative estimate of drug-likeness (QED) is 0.0957. The molecule has 0 aromatic heterocycles. The van der Waals surface area contributed by atoms with E-state index in [9.17, 15) is 54.2 Å². The molecule has 20 heteroatoms. The number of carbonyl (C=O) groups excluding carboxylic acids is 1. The molecule has 1 spiro atoms. The van der Waals surface area contributed by atoms with Crippen molar-refractivity contribution in [1.82, 2.24) is 0 Å². The lowest BCUT2D eigenvalue weighted by atomic mass is 9.43. The van der Waals surface area contributed by atoms with Crippen molar-refractivity contribution in [3.63, 3.8) is 0 Å². The Kier molecular flexibility index (Phi) is 12.2. The van der Waals surface area contributed by atoms with Gasteiger partial charge in [0.05, 0.1) is 28.8 Å². The highest BCUT2D eigenvalue weighted by molar-refractivity contribution is 7.91. The fraction of sp³-hybridized carbons (Fsp3) is 0.730. The van der Waals surface area contributed by atoms with Gasteiger partial charge in [-0.1, -0.05) is 45.0 Å². The van der Waals surface area contributed by atoms with Crippen molar-refractivity contribution >= 4 is 42.6 Å². The van der Waals surface area contributed by atoms with Gasteiger partial charge >= 0.3 is 32.7 Å². The highest BCUT2D eigenvalue weighted by Gasteiger charge is 2.67. The Morgan fingerprint density at radius 2 is 1.58 bits per heavy atom. The molecule has 6 rings (SSSR count). The molecule has 8 unspecified atom stereocenters. The smallest absolute Gasteiger partial charge is 0.397 e. The molecule has 5 aliphatic rings. The number of carboxylic acid groups (broad SMARTS) is 1. The predicted molar refractivity (Wildman–Crippen MR) is 199 cm³/mol. The van der Waals surface area contributed by atoms with Gasteiger partial charge in [0, 0.05) is 11.8 Å². The van der Waals surface area contributed by atoms with E-state index in [2.05, 4.69) is 6.58 Å². The molecule has 1 aliphatic heterocycles. The molecule has 320 valence electrons. The van der Waals surface area contributed by atoms with Crippen LogP contribution in [0.15, 0.2) is 41.3 Å². The van der Waals surface area contributed by atoms with Gasteiger partial charge in [0.15, 0.2) is 28.3 Å². The fourth-order valence-corrected chi connectivity index (χ4v) is 13.3. The molecule has 4 saturated carbocycles. The van der Waals surface area contributed by atoms with E-state index in [0.29, 0.717) is 31.2 Å². The zero-order valence-corrected chi connectivity index (χ0v) is 34.6. The van der Waals surface area contributed by atoms with Crippen LogP contribution in [0.2, 0.25) is 0 Å². The van der Waals surface area contributed by atoms with Crippen LogP contribution >= 0.6 is 0 Å². The maximum atomic E-state index is 13.8. The normalized spacial score (nSPS) is 38.3. The minimum Gasteiger partial charge on any atom is -0.481 e. The van der Waals surface area contributed by atoms with Gasteiger partial charge in [-0.15, -0.1) is 0 Å². The second-order valence-electron chi connectivity index (χ2n) is 17.2. The first-order valence-corrected chi connectivity index (χ1v) is 23.4. The lowest BCUT2D eigenvalue weighted by molar-refractivity contribution is -0.309. The second kappa shape index (κ2) is 15.8. The molecule has 0 radical (unpaired) electrons. The number of hydrogen-bond acceptors (Lipinski definition) is 14. The van der Waals surface area contributed by atoms with Gasteiger partial charge in [-0.3, -0.25) is 18.7 Å². The highest BCUT2D eigenvalue weighted by atomic mass is 32.3. The number of sulfone groups is 1. The second-order valence-corrected chi connectivity index (χ2v) is 21.3. The number of ether oxygens (including phenoxy) is 3. The summed E-state index contributed by atoms with van der Waals surface area (Å²) in [5.74, 6) is -4.81. The van der Waals surface area contributed by atoms with Crippen molar-refractivity contribution in [3.8, 4) is 0 Å². The summed E-state index contributed by atoms with van der Waals surface area (Å²) >= 11 is 0. The van der Waals surface area contributed by atoms with Gasteiger partial charge in [-0.05, 0) is 98.7 Å². The number of benzene rings is 1. The molecule has 57 heavy (non-hydrogen) atoms. The predicted octanol–water partition coefficient (Wildman–Crippen LogP) is 3.46. The lowest BCUT2D eigenvalue weighted by Gasteiger charge is -2.62. The van der Waals surface area contributed by atoms with Gasteiger partial charge in [0.25, 0.3) is 0 Å². The van der Waals surface area contributed by atoms with E-state index in [-0.39, 0.29) is 47.8 Å². The molecule has 4 aliphatic carbocycles. The minimum absolute atomic E-state index is 0.0964. The van der Waals surface area contributed by atoms with Crippen molar-refractivity contribution in [2.45, 2.75) is 127 Å². The summed E-state index contributed by atoms with van der Waals surface area (Å²) in [6.07, 6.45) is -9.55. The van der Waals surface area contributed by atoms with Crippen molar-refractivity contribution in [1.29, 1.82) is 0 Å². The highest BCUT2D eigenvalue weighted by Crippen LogP contribution is 2.70.